The summed E-state index contributed by atoms with van der Waals surface area (Å²) in [5.41, 5.74) is 0.722. The summed E-state index contributed by atoms with van der Waals surface area (Å²) >= 11 is 0. The molecule has 1 fully saturated rings. The Labute approximate surface area is 111 Å². The van der Waals surface area contributed by atoms with E-state index in [0.717, 1.165) is 5.41 Å². The predicted molar refractivity (Wildman–Crippen MR) is 81.6 cm³/mol. The highest BCUT2D eigenvalue weighted by Crippen LogP contribution is 2.49. The van der Waals surface area contributed by atoms with Crippen LogP contribution in [0, 0.1) is 5.41 Å². The lowest BCUT2D eigenvalue weighted by Gasteiger charge is -2.17. The van der Waals surface area contributed by atoms with Crippen molar-refractivity contribution in [2.24, 2.45) is 5.41 Å². The molecule has 1 N–H and O–H groups in total. The van der Waals surface area contributed by atoms with Crippen LogP contribution >= 0.6 is 0 Å². The Bertz CT molecular complexity index is 136. The van der Waals surface area contributed by atoms with Crippen LogP contribution in [0.25, 0.3) is 0 Å². The van der Waals surface area contributed by atoms with Gasteiger partial charge in [-0.1, -0.05) is 67.7 Å². The summed E-state index contributed by atoms with van der Waals surface area (Å²) in [6.07, 6.45) is 8.61. The van der Waals surface area contributed by atoms with Crippen molar-refractivity contribution in [2.45, 2.75) is 93.0 Å². The van der Waals surface area contributed by atoms with Gasteiger partial charge in [-0.3, -0.25) is 0 Å². The molecule has 0 aliphatic heterocycles. The molecular weight excluding hydrogens is 206 g/mol. The molecule has 1 aliphatic rings. The van der Waals surface area contributed by atoms with Crippen LogP contribution in [0.4, 0.5) is 0 Å². The van der Waals surface area contributed by atoms with E-state index in [0.29, 0.717) is 6.04 Å². The second-order valence-corrected chi connectivity index (χ2v) is 4.99. The Kier molecular flexibility index (Phi) is 14.1. The van der Waals surface area contributed by atoms with Crippen LogP contribution in [0.5, 0.6) is 0 Å². The van der Waals surface area contributed by atoms with Gasteiger partial charge in [0.1, 0.15) is 0 Å². The van der Waals surface area contributed by atoms with Crippen LogP contribution in [0.2, 0.25) is 0 Å². The minimum atomic E-state index is 0.656. The fourth-order valence-electron chi connectivity index (χ4n) is 1.86. The molecule has 0 amide bonds. The first-order valence-corrected chi connectivity index (χ1v) is 7.92. The van der Waals surface area contributed by atoms with Gasteiger partial charge in [-0.05, 0) is 24.7 Å². The van der Waals surface area contributed by atoms with Crippen LogP contribution in [0.3, 0.4) is 0 Å². The average Bonchev–Trinajstić information content (AvgIpc) is 3.13. The van der Waals surface area contributed by atoms with Gasteiger partial charge in [0.2, 0.25) is 0 Å². The lowest BCUT2D eigenvalue weighted by atomic mass is 9.98. The molecule has 1 saturated carbocycles. The van der Waals surface area contributed by atoms with Gasteiger partial charge >= 0.3 is 0 Å². The van der Waals surface area contributed by atoms with Crippen LogP contribution < -0.4 is 5.32 Å². The molecule has 1 nitrogen and oxygen atoms in total. The highest BCUT2D eigenvalue weighted by Gasteiger charge is 2.41. The molecule has 0 unspecified atom stereocenters. The number of hydrogen-bond donors (Lipinski definition) is 1. The molecule has 1 aliphatic carbocycles. The highest BCUT2D eigenvalue weighted by molar-refractivity contribution is 4.94. The normalized spacial score (nSPS) is 15.5. The van der Waals surface area contributed by atoms with Gasteiger partial charge in [-0.25, -0.2) is 0 Å². The van der Waals surface area contributed by atoms with Crippen LogP contribution in [-0.2, 0) is 0 Å². The Morgan fingerprint density at radius 3 is 1.88 bits per heavy atom. The Hall–Kier alpha value is -0.0400. The average molecular weight is 243 g/mol. The second kappa shape index (κ2) is 12.4. The fraction of sp³-hybridized carbons (Fsp3) is 1.00. The van der Waals surface area contributed by atoms with E-state index in [1.807, 2.05) is 27.7 Å². The van der Waals surface area contributed by atoms with E-state index in [1.54, 1.807) is 0 Å². The van der Waals surface area contributed by atoms with Crippen molar-refractivity contribution in [3.05, 3.63) is 0 Å². The molecule has 0 atom stereocenters. The lowest BCUT2D eigenvalue weighted by Crippen LogP contribution is -2.29. The quantitative estimate of drug-likeness (QED) is 0.591. The first-order chi connectivity index (χ1) is 8.18. The molecule has 0 bridgehead atoms. The predicted octanol–water partition coefficient (Wildman–Crippen LogP) is 5.40. The number of rotatable bonds is 7. The molecule has 17 heavy (non-hydrogen) atoms. The minimum absolute atomic E-state index is 0.656. The summed E-state index contributed by atoms with van der Waals surface area (Å²) in [6.45, 7) is 16.0. The Morgan fingerprint density at radius 1 is 1.00 bits per heavy atom. The molecule has 106 valence electrons. The molecule has 0 aromatic carbocycles. The number of unbranched alkanes of at least 4 members (excludes halogenated alkanes) is 2. The van der Waals surface area contributed by atoms with Crippen LogP contribution in [0.1, 0.15) is 87.0 Å². The molecular formula is C16H37N. The summed E-state index contributed by atoms with van der Waals surface area (Å²) in [6, 6.07) is 0.656. The highest BCUT2D eigenvalue weighted by atomic mass is 14.9. The molecule has 1 rings (SSSR count). The molecule has 0 aromatic rings. The summed E-state index contributed by atoms with van der Waals surface area (Å²) in [5, 5.41) is 3.58. The van der Waals surface area contributed by atoms with E-state index < -0.39 is 0 Å². The molecule has 0 aromatic heterocycles. The Morgan fingerprint density at radius 2 is 1.53 bits per heavy atom. The van der Waals surface area contributed by atoms with Crippen molar-refractivity contribution in [3.63, 3.8) is 0 Å². The SMILES string of the molecule is CC.CC.CCCCCC1(CNC(C)C)CC1. The van der Waals surface area contributed by atoms with E-state index in [9.17, 15) is 0 Å². The third-order valence-electron chi connectivity index (χ3n) is 3.15. The second-order valence-electron chi connectivity index (χ2n) is 4.99. The van der Waals surface area contributed by atoms with Crippen molar-refractivity contribution >= 4 is 0 Å². The standard InChI is InChI=1S/C12H25N.2C2H6/c1-4-5-6-7-12(8-9-12)10-13-11(2)3;2*1-2/h11,13H,4-10H2,1-3H3;2*1-2H3. The fourth-order valence-corrected chi connectivity index (χ4v) is 1.86. The van der Waals surface area contributed by atoms with E-state index in [-0.39, 0.29) is 0 Å². The van der Waals surface area contributed by atoms with Gasteiger partial charge in [-0.15, -0.1) is 0 Å². The van der Waals surface area contributed by atoms with E-state index in [2.05, 4.69) is 26.1 Å². The lowest BCUT2D eigenvalue weighted by molar-refractivity contribution is 0.390. The minimum Gasteiger partial charge on any atom is -0.314 e. The molecule has 0 saturated heterocycles. The maximum absolute atomic E-state index is 3.58. The number of hydrogen-bond acceptors (Lipinski definition) is 1. The van der Waals surface area contributed by atoms with Gasteiger partial charge < -0.3 is 5.32 Å². The molecule has 0 radical (unpaired) electrons. The maximum atomic E-state index is 3.58. The monoisotopic (exact) mass is 243 g/mol. The first-order valence-electron chi connectivity index (χ1n) is 7.92. The third-order valence-corrected chi connectivity index (χ3v) is 3.15. The number of nitrogens with one attached hydrogen (secondary N) is 1. The van der Waals surface area contributed by atoms with Crippen LogP contribution in [0.15, 0.2) is 0 Å². The van der Waals surface area contributed by atoms with Gasteiger partial charge in [0.05, 0.1) is 0 Å². The topological polar surface area (TPSA) is 12.0 Å². The van der Waals surface area contributed by atoms with E-state index >= 15 is 0 Å². The summed E-state index contributed by atoms with van der Waals surface area (Å²) < 4.78 is 0. The van der Waals surface area contributed by atoms with Crippen molar-refractivity contribution in [3.8, 4) is 0 Å². The van der Waals surface area contributed by atoms with E-state index in [1.165, 1.54) is 45.1 Å². The maximum Gasteiger partial charge on any atom is 0.00106 e. The van der Waals surface area contributed by atoms with Crippen molar-refractivity contribution in [1.82, 2.24) is 5.32 Å². The van der Waals surface area contributed by atoms with Crippen molar-refractivity contribution in [2.75, 3.05) is 6.54 Å². The summed E-state index contributed by atoms with van der Waals surface area (Å²) in [4.78, 5) is 0. The van der Waals surface area contributed by atoms with Gasteiger partial charge in [0, 0.05) is 12.6 Å². The zero-order chi connectivity index (χ0) is 13.7. The zero-order valence-corrected chi connectivity index (χ0v) is 13.5. The largest absolute Gasteiger partial charge is 0.314 e. The molecule has 1 heteroatoms. The zero-order valence-electron chi connectivity index (χ0n) is 13.5. The molecule has 0 spiro atoms. The van der Waals surface area contributed by atoms with Crippen molar-refractivity contribution in [1.29, 1.82) is 0 Å². The van der Waals surface area contributed by atoms with Gasteiger partial charge in [-0.2, -0.15) is 0 Å². The van der Waals surface area contributed by atoms with Gasteiger partial charge in [0.15, 0.2) is 0 Å². The smallest absolute Gasteiger partial charge is 0.00106 e. The Balaban J connectivity index is 0. The third kappa shape index (κ3) is 10.8. The summed E-state index contributed by atoms with van der Waals surface area (Å²) in [5.74, 6) is 0. The molecule has 0 heterocycles. The van der Waals surface area contributed by atoms with Crippen LogP contribution in [-0.4, -0.2) is 12.6 Å². The first kappa shape index (κ1) is 19.3. The van der Waals surface area contributed by atoms with Gasteiger partial charge in [0.25, 0.3) is 0 Å². The van der Waals surface area contributed by atoms with E-state index in [4.69, 9.17) is 0 Å². The summed E-state index contributed by atoms with van der Waals surface area (Å²) in [7, 11) is 0. The van der Waals surface area contributed by atoms with Crippen molar-refractivity contribution < 1.29 is 0 Å².